The normalized spacial score (nSPS) is 11.4. The lowest BCUT2D eigenvalue weighted by Crippen LogP contribution is -2.32. The third kappa shape index (κ3) is 6.37. The molecule has 0 fully saturated rings. The average molecular weight is 467 g/mol. The van der Waals surface area contributed by atoms with Gasteiger partial charge in [0.05, 0.1) is 6.54 Å². The molecule has 10 heteroatoms. The second-order valence-electron chi connectivity index (χ2n) is 9.04. The quantitative estimate of drug-likeness (QED) is 0.510. The minimum Gasteiger partial charge on any atom is -0.444 e. The van der Waals surface area contributed by atoms with Crippen LogP contribution in [0.25, 0.3) is 5.78 Å². The van der Waals surface area contributed by atoms with E-state index >= 15 is 0 Å². The Morgan fingerprint density at radius 3 is 2.53 bits per heavy atom. The van der Waals surface area contributed by atoms with Crippen LogP contribution in [0.2, 0.25) is 0 Å². The molecule has 0 unspecified atom stereocenters. The third-order valence-corrected chi connectivity index (χ3v) is 5.04. The van der Waals surface area contributed by atoms with Gasteiger partial charge in [-0.1, -0.05) is 12.1 Å². The number of rotatable bonds is 7. The first-order valence-electron chi connectivity index (χ1n) is 11.0. The van der Waals surface area contributed by atoms with Gasteiger partial charge in [0.1, 0.15) is 5.60 Å². The van der Waals surface area contributed by atoms with Crippen molar-refractivity contribution in [2.75, 3.05) is 5.32 Å². The van der Waals surface area contributed by atoms with E-state index in [0.717, 1.165) is 17.0 Å². The van der Waals surface area contributed by atoms with E-state index in [1.807, 2.05) is 13.8 Å². The Hall–Kier alpha value is -3.82. The van der Waals surface area contributed by atoms with Crippen LogP contribution in [0.1, 0.15) is 67.2 Å². The number of nitrogens with zero attached hydrogens (tertiary/aromatic N) is 4. The summed E-state index contributed by atoms with van der Waals surface area (Å²) in [5.41, 5.74) is 3.01. The molecule has 2 N–H and O–H groups in total. The lowest BCUT2D eigenvalue weighted by molar-refractivity contribution is -0.116. The molecule has 0 radical (unpaired) electrons. The van der Waals surface area contributed by atoms with Crippen LogP contribution in [0.15, 0.2) is 24.3 Å². The molecular weight excluding hydrogens is 436 g/mol. The van der Waals surface area contributed by atoms with Crippen molar-refractivity contribution in [3.05, 3.63) is 52.6 Å². The smallest absolute Gasteiger partial charge is 0.408 e. The number of carbonyl (C=O) groups excluding carboxylic acids is 3. The molecule has 10 nitrogen and oxygen atoms in total. The Kier molecular flexibility index (Phi) is 7.29. The predicted molar refractivity (Wildman–Crippen MR) is 127 cm³/mol. The van der Waals surface area contributed by atoms with E-state index in [1.165, 1.54) is 6.92 Å². The summed E-state index contributed by atoms with van der Waals surface area (Å²) in [7, 11) is 0. The number of ether oxygens (including phenoxy) is 1. The maximum Gasteiger partial charge on any atom is 0.408 e. The van der Waals surface area contributed by atoms with Gasteiger partial charge in [-0.15, -0.1) is 5.10 Å². The number of alkyl carbamates (subject to hydrolysis) is 1. The van der Waals surface area contributed by atoms with Gasteiger partial charge in [-0.3, -0.25) is 9.59 Å². The zero-order valence-electron chi connectivity index (χ0n) is 20.4. The molecule has 2 aromatic heterocycles. The first-order chi connectivity index (χ1) is 15.9. The van der Waals surface area contributed by atoms with Crippen molar-refractivity contribution in [1.82, 2.24) is 24.9 Å². The minimum atomic E-state index is -0.594. The Balaban J connectivity index is 1.67. The highest BCUT2D eigenvalue weighted by atomic mass is 16.6. The zero-order chi connectivity index (χ0) is 25.0. The van der Waals surface area contributed by atoms with Crippen LogP contribution in [0, 0.1) is 13.8 Å². The highest BCUT2D eigenvalue weighted by molar-refractivity contribution is 5.97. The number of amides is 2. The van der Waals surface area contributed by atoms with E-state index in [4.69, 9.17) is 4.74 Å². The van der Waals surface area contributed by atoms with Crippen LogP contribution in [-0.4, -0.2) is 43.0 Å². The standard InChI is InChI=1S/C24H30N6O4/c1-14-19(10-11-21(32)27-18-9-7-8-17(12-18)16(3)31)15(2)30-22(26-14)28-20(29-30)13-25-23(33)34-24(4,5)6/h7-9,12H,10-11,13H2,1-6H3,(H,25,33)(H,27,32). The maximum atomic E-state index is 12.5. The van der Waals surface area contributed by atoms with Gasteiger partial charge in [-0.05, 0) is 65.7 Å². The number of ketones is 1. The Morgan fingerprint density at radius 1 is 1.12 bits per heavy atom. The molecule has 0 aliphatic carbocycles. The molecule has 34 heavy (non-hydrogen) atoms. The third-order valence-electron chi connectivity index (χ3n) is 5.04. The number of anilines is 1. The topological polar surface area (TPSA) is 128 Å². The molecule has 0 aliphatic heterocycles. The van der Waals surface area contributed by atoms with Gasteiger partial charge in [-0.25, -0.2) is 14.3 Å². The molecule has 0 saturated carbocycles. The van der Waals surface area contributed by atoms with Crippen LogP contribution in [0.5, 0.6) is 0 Å². The van der Waals surface area contributed by atoms with Crippen molar-refractivity contribution in [2.24, 2.45) is 0 Å². The molecule has 0 aliphatic rings. The highest BCUT2D eigenvalue weighted by Gasteiger charge is 2.18. The van der Waals surface area contributed by atoms with E-state index in [1.54, 1.807) is 49.6 Å². The van der Waals surface area contributed by atoms with E-state index in [0.29, 0.717) is 29.3 Å². The molecule has 1 aromatic carbocycles. The summed E-state index contributed by atoms with van der Waals surface area (Å²) in [6, 6.07) is 6.85. The SMILES string of the molecule is CC(=O)c1cccc(NC(=O)CCc2c(C)nc3nc(CNC(=O)OC(C)(C)C)nn3c2C)c1. The number of hydrogen-bond acceptors (Lipinski definition) is 7. The van der Waals surface area contributed by atoms with Gasteiger partial charge in [0.25, 0.3) is 5.78 Å². The second-order valence-corrected chi connectivity index (χ2v) is 9.04. The lowest BCUT2D eigenvalue weighted by atomic mass is 10.1. The summed E-state index contributed by atoms with van der Waals surface area (Å²) in [6.07, 6.45) is 0.151. The molecule has 0 saturated heterocycles. The number of hydrogen-bond donors (Lipinski definition) is 2. The largest absolute Gasteiger partial charge is 0.444 e. The fourth-order valence-electron chi connectivity index (χ4n) is 3.43. The van der Waals surface area contributed by atoms with Crippen molar-refractivity contribution >= 4 is 29.2 Å². The van der Waals surface area contributed by atoms with E-state index in [2.05, 4.69) is 25.7 Å². The summed E-state index contributed by atoms with van der Waals surface area (Å²) in [5, 5.41) is 9.91. The van der Waals surface area contributed by atoms with Crippen LogP contribution < -0.4 is 10.6 Å². The molecular formula is C24H30N6O4. The number of aryl methyl sites for hydroxylation is 2. The number of aromatic nitrogens is 4. The fourth-order valence-corrected chi connectivity index (χ4v) is 3.43. The summed E-state index contributed by atoms with van der Waals surface area (Å²) in [6.45, 7) is 10.7. The van der Waals surface area contributed by atoms with Crippen molar-refractivity contribution in [3.8, 4) is 0 Å². The highest BCUT2D eigenvalue weighted by Crippen LogP contribution is 2.17. The fraction of sp³-hybridized carbons (Fsp3) is 0.417. The number of carbonyl (C=O) groups is 3. The first kappa shape index (κ1) is 24.8. The molecule has 3 aromatic rings. The van der Waals surface area contributed by atoms with E-state index < -0.39 is 11.7 Å². The maximum absolute atomic E-state index is 12.5. The number of fused-ring (bicyclic) bond motifs is 1. The molecule has 180 valence electrons. The minimum absolute atomic E-state index is 0.0600. The molecule has 3 rings (SSSR count). The van der Waals surface area contributed by atoms with Crippen LogP contribution in [0.4, 0.5) is 10.5 Å². The Bertz CT molecular complexity index is 1240. The van der Waals surface area contributed by atoms with Crippen LogP contribution >= 0.6 is 0 Å². The van der Waals surface area contributed by atoms with Gasteiger partial charge in [0.15, 0.2) is 11.6 Å². The van der Waals surface area contributed by atoms with Gasteiger partial charge < -0.3 is 15.4 Å². The van der Waals surface area contributed by atoms with Crippen molar-refractivity contribution in [1.29, 1.82) is 0 Å². The molecule has 2 amide bonds. The zero-order valence-corrected chi connectivity index (χ0v) is 20.4. The number of benzene rings is 1. The number of Topliss-reactive ketones (excluding diaryl/α,β-unsaturated/α-hetero) is 1. The molecule has 2 heterocycles. The second kappa shape index (κ2) is 9.98. The van der Waals surface area contributed by atoms with Gasteiger partial charge in [0.2, 0.25) is 5.91 Å². The Labute approximate surface area is 198 Å². The summed E-state index contributed by atoms with van der Waals surface area (Å²) in [4.78, 5) is 44.8. The molecule has 0 bridgehead atoms. The van der Waals surface area contributed by atoms with Crippen molar-refractivity contribution in [2.45, 2.75) is 66.5 Å². The monoisotopic (exact) mass is 466 g/mol. The van der Waals surface area contributed by atoms with E-state index in [9.17, 15) is 14.4 Å². The summed E-state index contributed by atoms with van der Waals surface area (Å²) < 4.78 is 6.84. The Morgan fingerprint density at radius 2 is 1.85 bits per heavy atom. The lowest BCUT2D eigenvalue weighted by Gasteiger charge is -2.19. The molecule has 0 spiro atoms. The predicted octanol–water partition coefficient (Wildman–Crippen LogP) is 3.54. The van der Waals surface area contributed by atoms with Gasteiger partial charge >= 0.3 is 6.09 Å². The number of nitrogens with one attached hydrogen (secondary N) is 2. The summed E-state index contributed by atoms with van der Waals surface area (Å²) >= 11 is 0. The van der Waals surface area contributed by atoms with Crippen molar-refractivity contribution in [3.63, 3.8) is 0 Å². The van der Waals surface area contributed by atoms with E-state index in [-0.39, 0.29) is 24.7 Å². The first-order valence-corrected chi connectivity index (χ1v) is 11.0. The van der Waals surface area contributed by atoms with Gasteiger partial charge in [0, 0.05) is 29.1 Å². The summed E-state index contributed by atoms with van der Waals surface area (Å²) in [5.74, 6) is 0.599. The van der Waals surface area contributed by atoms with Crippen LogP contribution in [-0.2, 0) is 22.5 Å². The van der Waals surface area contributed by atoms with Crippen molar-refractivity contribution < 1.29 is 19.1 Å². The van der Waals surface area contributed by atoms with Gasteiger partial charge in [-0.2, -0.15) is 4.98 Å². The van der Waals surface area contributed by atoms with Crippen LogP contribution in [0.3, 0.4) is 0 Å². The average Bonchev–Trinajstić information content (AvgIpc) is 3.14. The molecule has 0 atom stereocenters.